The number of nitrogens with zero attached hydrogens (tertiary/aromatic N) is 3. The first-order valence-electron chi connectivity index (χ1n) is 7.17. The molecule has 0 amide bonds. The SMILES string of the molecule is Cc1cc2nnc(SCC(=O)c3ccco3)n2c2ccccc12. The van der Waals surface area contributed by atoms with Gasteiger partial charge in [0, 0.05) is 5.39 Å². The van der Waals surface area contributed by atoms with Crippen LogP contribution in [0.3, 0.4) is 0 Å². The van der Waals surface area contributed by atoms with E-state index >= 15 is 0 Å². The molecule has 0 saturated heterocycles. The van der Waals surface area contributed by atoms with Crippen molar-refractivity contribution in [3.05, 3.63) is 60.1 Å². The summed E-state index contributed by atoms with van der Waals surface area (Å²) in [7, 11) is 0. The van der Waals surface area contributed by atoms with Crippen LogP contribution in [0.2, 0.25) is 0 Å². The Morgan fingerprint density at radius 3 is 2.91 bits per heavy atom. The van der Waals surface area contributed by atoms with E-state index in [0.29, 0.717) is 10.9 Å². The molecule has 1 aromatic carbocycles. The number of hydrogen-bond donors (Lipinski definition) is 0. The highest BCUT2D eigenvalue weighted by Gasteiger charge is 2.14. The van der Waals surface area contributed by atoms with Crippen LogP contribution in [0.25, 0.3) is 16.6 Å². The van der Waals surface area contributed by atoms with Gasteiger partial charge >= 0.3 is 0 Å². The lowest BCUT2D eigenvalue weighted by Gasteiger charge is -2.06. The van der Waals surface area contributed by atoms with Crippen molar-refractivity contribution in [2.45, 2.75) is 12.1 Å². The molecule has 0 bridgehead atoms. The van der Waals surface area contributed by atoms with E-state index in [1.54, 1.807) is 12.1 Å². The van der Waals surface area contributed by atoms with Gasteiger partial charge in [-0.1, -0.05) is 30.0 Å². The zero-order chi connectivity index (χ0) is 15.8. The van der Waals surface area contributed by atoms with E-state index < -0.39 is 0 Å². The molecule has 4 rings (SSSR count). The van der Waals surface area contributed by atoms with E-state index in [0.717, 1.165) is 22.1 Å². The van der Waals surface area contributed by atoms with Gasteiger partial charge in [-0.25, -0.2) is 0 Å². The highest BCUT2D eigenvalue weighted by atomic mass is 32.2. The first-order valence-corrected chi connectivity index (χ1v) is 8.15. The van der Waals surface area contributed by atoms with Gasteiger partial charge < -0.3 is 4.42 Å². The number of fused-ring (bicyclic) bond motifs is 3. The molecule has 0 saturated carbocycles. The second-order valence-electron chi connectivity index (χ2n) is 5.21. The number of rotatable bonds is 4. The minimum absolute atomic E-state index is 0.0619. The molecule has 0 radical (unpaired) electrons. The normalized spacial score (nSPS) is 11.3. The Labute approximate surface area is 136 Å². The van der Waals surface area contributed by atoms with Gasteiger partial charge in [0.2, 0.25) is 5.78 Å². The Balaban J connectivity index is 1.73. The number of para-hydroxylation sites is 1. The molecule has 0 aliphatic heterocycles. The summed E-state index contributed by atoms with van der Waals surface area (Å²) in [6.45, 7) is 2.06. The zero-order valence-electron chi connectivity index (χ0n) is 12.4. The number of carbonyl (C=O) groups is 1. The van der Waals surface area contributed by atoms with E-state index in [2.05, 4.69) is 23.2 Å². The van der Waals surface area contributed by atoms with Crippen molar-refractivity contribution < 1.29 is 9.21 Å². The molecule has 0 spiro atoms. The largest absolute Gasteiger partial charge is 0.461 e. The molecule has 0 atom stereocenters. The number of carbonyl (C=O) groups excluding carboxylic acids is 1. The maximum Gasteiger partial charge on any atom is 0.208 e. The molecule has 0 fully saturated rings. The third kappa shape index (κ3) is 2.41. The summed E-state index contributed by atoms with van der Waals surface area (Å²) in [6.07, 6.45) is 1.50. The fraction of sp³-hybridized carbons (Fsp3) is 0.118. The summed E-state index contributed by atoms with van der Waals surface area (Å²) in [6, 6.07) is 13.5. The number of thioether (sulfide) groups is 1. The molecule has 0 unspecified atom stereocenters. The summed E-state index contributed by atoms with van der Waals surface area (Å²) in [4.78, 5) is 12.1. The summed E-state index contributed by atoms with van der Waals surface area (Å²) >= 11 is 1.36. The zero-order valence-corrected chi connectivity index (χ0v) is 13.2. The van der Waals surface area contributed by atoms with Gasteiger partial charge in [0.05, 0.1) is 17.5 Å². The van der Waals surface area contributed by atoms with E-state index in [4.69, 9.17) is 4.42 Å². The first kappa shape index (κ1) is 14.0. The highest BCUT2D eigenvalue weighted by molar-refractivity contribution is 7.99. The number of benzene rings is 1. The predicted molar refractivity (Wildman–Crippen MR) is 89.0 cm³/mol. The summed E-state index contributed by atoms with van der Waals surface area (Å²) in [5.74, 6) is 0.566. The van der Waals surface area contributed by atoms with Gasteiger partial charge in [0.15, 0.2) is 16.6 Å². The molecular weight excluding hydrogens is 310 g/mol. The van der Waals surface area contributed by atoms with Gasteiger partial charge in [-0.05, 0) is 36.8 Å². The number of ketones is 1. The average molecular weight is 323 g/mol. The van der Waals surface area contributed by atoms with Crippen LogP contribution in [-0.2, 0) is 0 Å². The minimum Gasteiger partial charge on any atom is -0.461 e. The molecule has 0 aliphatic carbocycles. The van der Waals surface area contributed by atoms with Gasteiger partial charge in [-0.2, -0.15) is 0 Å². The van der Waals surface area contributed by atoms with Crippen molar-refractivity contribution >= 4 is 34.1 Å². The third-order valence-corrected chi connectivity index (χ3v) is 4.63. The molecule has 0 N–H and O–H groups in total. The second kappa shape index (κ2) is 5.55. The molecule has 0 aliphatic rings. The van der Waals surface area contributed by atoms with Gasteiger partial charge in [0.25, 0.3) is 0 Å². The highest BCUT2D eigenvalue weighted by Crippen LogP contribution is 2.26. The fourth-order valence-electron chi connectivity index (χ4n) is 2.61. The Kier molecular flexibility index (Phi) is 3.38. The Morgan fingerprint density at radius 2 is 2.09 bits per heavy atom. The average Bonchev–Trinajstić information content (AvgIpc) is 3.23. The van der Waals surface area contributed by atoms with Crippen molar-refractivity contribution in [1.29, 1.82) is 0 Å². The molecule has 3 aromatic heterocycles. The molecule has 3 heterocycles. The Hall–Kier alpha value is -2.60. The second-order valence-corrected chi connectivity index (χ2v) is 6.15. The quantitative estimate of drug-likeness (QED) is 0.423. The third-order valence-electron chi connectivity index (χ3n) is 3.70. The lowest BCUT2D eigenvalue weighted by atomic mass is 10.1. The van der Waals surface area contributed by atoms with E-state index in [1.807, 2.05) is 28.7 Å². The Morgan fingerprint density at radius 1 is 1.22 bits per heavy atom. The standard InChI is InChI=1S/C17H13N3O2S/c1-11-9-16-18-19-17(20(16)13-6-3-2-5-12(11)13)23-10-14(21)15-7-4-8-22-15/h2-9H,10H2,1H3. The van der Waals surface area contributed by atoms with Crippen LogP contribution in [0, 0.1) is 6.92 Å². The molecule has 5 nitrogen and oxygen atoms in total. The van der Waals surface area contributed by atoms with Crippen molar-refractivity contribution in [1.82, 2.24) is 14.6 Å². The predicted octanol–water partition coefficient (Wildman–Crippen LogP) is 3.76. The van der Waals surface area contributed by atoms with Crippen LogP contribution in [0.1, 0.15) is 16.1 Å². The molecule has 114 valence electrons. The molecule has 23 heavy (non-hydrogen) atoms. The smallest absolute Gasteiger partial charge is 0.208 e. The minimum atomic E-state index is -0.0619. The number of Topliss-reactive ketones (excluding diaryl/α,β-unsaturated/α-hetero) is 1. The maximum absolute atomic E-state index is 12.1. The van der Waals surface area contributed by atoms with Crippen LogP contribution < -0.4 is 0 Å². The molecule has 6 heteroatoms. The van der Waals surface area contributed by atoms with Gasteiger partial charge in [-0.15, -0.1) is 10.2 Å². The van der Waals surface area contributed by atoms with Gasteiger partial charge in [-0.3, -0.25) is 9.20 Å². The lowest BCUT2D eigenvalue weighted by molar-refractivity contribution is 0.0992. The number of hydrogen-bond acceptors (Lipinski definition) is 5. The summed E-state index contributed by atoms with van der Waals surface area (Å²) < 4.78 is 7.12. The number of pyridine rings is 1. The Bertz CT molecular complexity index is 1010. The number of aryl methyl sites for hydroxylation is 1. The van der Waals surface area contributed by atoms with Crippen molar-refractivity contribution in [3.8, 4) is 0 Å². The van der Waals surface area contributed by atoms with E-state index in [-0.39, 0.29) is 11.5 Å². The lowest BCUT2D eigenvalue weighted by Crippen LogP contribution is -2.02. The maximum atomic E-state index is 12.1. The van der Waals surface area contributed by atoms with Crippen LogP contribution in [0.4, 0.5) is 0 Å². The van der Waals surface area contributed by atoms with Crippen molar-refractivity contribution in [2.75, 3.05) is 5.75 Å². The van der Waals surface area contributed by atoms with Crippen LogP contribution >= 0.6 is 11.8 Å². The molecule has 4 aromatic rings. The summed E-state index contributed by atoms with van der Waals surface area (Å²) in [5.41, 5.74) is 2.98. The number of furan rings is 1. The number of aromatic nitrogens is 3. The topological polar surface area (TPSA) is 60.4 Å². The molecular formula is C17H13N3O2S. The van der Waals surface area contributed by atoms with E-state index in [1.165, 1.54) is 18.0 Å². The van der Waals surface area contributed by atoms with Crippen LogP contribution in [-0.4, -0.2) is 26.1 Å². The van der Waals surface area contributed by atoms with E-state index in [9.17, 15) is 4.79 Å². The first-order chi connectivity index (χ1) is 11.2. The summed E-state index contributed by atoms with van der Waals surface area (Å²) in [5, 5.41) is 10.3. The van der Waals surface area contributed by atoms with Crippen molar-refractivity contribution in [3.63, 3.8) is 0 Å². The van der Waals surface area contributed by atoms with Crippen LogP contribution in [0.5, 0.6) is 0 Å². The fourth-order valence-corrected chi connectivity index (χ4v) is 3.43. The van der Waals surface area contributed by atoms with Crippen LogP contribution in [0.15, 0.2) is 58.3 Å². The van der Waals surface area contributed by atoms with Crippen molar-refractivity contribution in [2.24, 2.45) is 0 Å². The van der Waals surface area contributed by atoms with Gasteiger partial charge in [0.1, 0.15) is 0 Å². The monoisotopic (exact) mass is 323 g/mol.